The number of methoxy groups -OCH3 is 1. The molecule has 0 aromatic carbocycles. The molecule has 0 heterocycles. The molecule has 0 aliphatic rings. The Balaban J connectivity index is 4.04. The maximum atomic E-state index is 11.1. The van der Waals surface area contributed by atoms with E-state index in [9.17, 15) is 4.79 Å². The van der Waals surface area contributed by atoms with Gasteiger partial charge in [-0.1, -0.05) is 5.92 Å². The molecule has 0 atom stereocenters. The van der Waals surface area contributed by atoms with Crippen LogP contribution in [-0.4, -0.2) is 25.2 Å². The first-order chi connectivity index (χ1) is 6.52. The summed E-state index contributed by atoms with van der Waals surface area (Å²) in [5.74, 6) is 4.79. The third kappa shape index (κ3) is 6.09. The summed E-state index contributed by atoms with van der Waals surface area (Å²) in [5.41, 5.74) is 4.50. The SMILES string of the molecule is COC(C)(C)C#CC(=O)NC/C=C/N. The van der Waals surface area contributed by atoms with Gasteiger partial charge < -0.3 is 15.8 Å². The molecule has 0 radical (unpaired) electrons. The van der Waals surface area contributed by atoms with E-state index >= 15 is 0 Å². The highest BCUT2D eigenvalue weighted by molar-refractivity contribution is 5.93. The Labute approximate surface area is 84.5 Å². The molecule has 0 unspecified atom stereocenters. The molecular formula is C10H16N2O2. The number of hydrogen-bond donors (Lipinski definition) is 2. The topological polar surface area (TPSA) is 64.3 Å². The van der Waals surface area contributed by atoms with Crippen LogP contribution >= 0.6 is 0 Å². The lowest BCUT2D eigenvalue weighted by molar-refractivity contribution is -0.115. The summed E-state index contributed by atoms with van der Waals surface area (Å²) in [6.07, 6.45) is 2.99. The number of nitrogens with two attached hydrogens (primary N) is 1. The lowest BCUT2D eigenvalue weighted by Gasteiger charge is -2.13. The molecule has 0 aliphatic heterocycles. The maximum Gasteiger partial charge on any atom is 0.296 e. The van der Waals surface area contributed by atoms with Crippen molar-refractivity contribution in [3.8, 4) is 11.8 Å². The fourth-order valence-electron chi connectivity index (χ4n) is 0.522. The lowest BCUT2D eigenvalue weighted by Crippen LogP contribution is -2.24. The minimum absolute atomic E-state index is 0.340. The van der Waals surface area contributed by atoms with Crippen molar-refractivity contribution in [3.05, 3.63) is 12.3 Å². The van der Waals surface area contributed by atoms with Crippen molar-refractivity contribution in [3.63, 3.8) is 0 Å². The number of carbonyl (C=O) groups is 1. The van der Waals surface area contributed by atoms with Gasteiger partial charge in [0.1, 0.15) is 5.60 Å². The third-order valence-corrected chi connectivity index (χ3v) is 1.50. The minimum atomic E-state index is -0.596. The van der Waals surface area contributed by atoms with Gasteiger partial charge in [0.05, 0.1) is 0 Å². The first-order valence-corrected chi connectivity index (χ1v) is 4.24. The van der Waals surface area contributed by atoms with Crippen molar-refractivity contribution in [1.82, 2.24) is 5.32 Å². The van der Waals surface area contributed by atoms with Gasteiger partial charge in [-0.15, -0.1) is 0 Å². The normalized spacial score (nSPS) is 10.8. The zero-order valence-corrected chi connectivity index (χ0v) is 8.76. The number of carbonyl (C=O) groups excluding carboxylic acids is 1. The second-order valence-corrected chi connectivity index (χ2v) is 3.10. The summed E-state index contributed by atoms with van der Waals surface area (Å²) in [5, 5.41) is 2.55. The first kappa shape index (κ1) is 12.5. The fraction of sp³-hybridized carbons (Fsp3) is 0.500. The van der Waals surface area contributed by atoms with Crippen molar-refractivity contribution in [1.29, 1.82) is 0 Å². The van der Waals surface area contributed by atoms with Crippen LogP contribution in [0, 0.1) is 11.8 Å². The van der Waals surface area contributed by atoms with Gasteiger partial charge in [-0.05, 0) is 32.0 Å². The van der Waals surface area contributed by atoms with Crippen LogP contribution in [0.4, 0.5) is 0 Å². The van der Waals surface area contributed by atoms with E-state index < -0.39 is 5.60 Å². The molecule has 4 heteroatoms. The van der Waals surface area contributed by atoms with Crippen molar-refractivity contribution in [2.45, 2.75) is 19.4 Å². The zero-order valence-electron chi connectivity index (χ0n) is 8.76. The Morgan fingerprint density at radius 3 is 2.79 bits per heavy atom. The fourth-order valence-corrected chi connectivity index (χ4v) is 0.522. The summed E-state index contributed by atoms with van der Waals surface area (Å²) < 4.78 is 5.03. The van der Waals surface area contributed by atoms with Gasteiger partial charge in [0.2, 0.25) is 0 Å². The molecule has 4 nitrogen and oxygen atoms in total. The summed E-state index contributed by atoms with van der Waals surface area (Å²) >= 11 is 0. The van der Waals surface area contributed by atoms with E-state index in [0.717, 1.165) is 0 Å². The van der Waals surface area contributed by atoms with Crippen molar-refractivity contribution >= 4 is 5.91 Å². The first-order valence-electron chi connectivity index (χ1n) is 4.24. The van der Waals surface area contributed by atoms with Crippen LogP contribution in [0.5, 0.6) is 0 Å². The molecule has 14 heavy (non-hydrogen) atoms. The van der Waals surface area contributed by atoms with Crippen molar-refractivity contribution in [2.75, 3.05) is 13.7 Å². The molecule has 0 spiro atoms. The van der Waals surface area contributed by atoms with E-state index in [1.54, 1.807) is 27.0 Å². The summed E-state index contributed by atoms with van der Waals surface area (Å²) in [6, 6.07) is 0. The number of nitrogens with one attached hydrogen (secondary N) is 1. The lowest BCUT2D eigenvalue weighted by atomic mass is 10.1. The summed E-state index contributed by atoms with van der Waals surface area (Å²) in [4.78, 5) is 11.1. The van der Waals surface area contributed by atoms with E-state index in [0.29, 0.717) is 6.54 Å². The molecule has 0 aromatic rings. The number of ether oxygens (including phenoxy) is 1. The Hall–Kier alpha value is -1.47. The van der Waals surface area contributed by atoms with Crippen LogP contribution < -0.4 is 11.1 Å². The smallest absolute Gasteiger partial charge is 0.296 e. The number of rotatable bonds is 3. The van der Waals surface area contributed by atoms with Crippen LogP contribution in [0.3, 0.4) is 0 Å². The predicted octanol–water partition coefficient (Wildman–Crippen LogP) is 0.00340. The van der Waals surface area contributed by atoms with Gasteiger partial charge in [-0.2, -0.15) is 0 Å². The quantitative estimate of drug-likeness (QED) is 0.625. The minimum Gasteiger partial charge on any atom is -0.405 e. The van der Waals surface area contributed by atoms with Crippen LogP contribution in [0.1, 0.15) is 13.8 Å². The van der Waals surface area contributed by atoms with Gasteiger partial charge in [-0.25, -0.2) is 0 Å². The Bertz CT molecular complexity index is 272. The van der Waals surface area contributed by atoms with Gasteiger partial charge in [0, 0.05) is 13.7 Å². The van der Waals surface area contributed by atoms with Gasteiger partial charge in [-0.3, -0.25) is 4.79 Å². The Kier molecular flexibility index (Phi) is 5.42. The summed E-state index contributed by atoms with van der Waals surface area (Å²) in [6.45, 7) is 3.96. The molecule has 0 aliphatic carbocycles. The largest absolute Gasteiger partial charge is 0.405 e. The van der Waals surface area contributed by atoms with Gasteiger partial charge in [0.15, 0.2) is 0 Å². The monoisotopic (exact) mass is 196 g/mol. The van der Waals surface area contributed by atoms with E-state index in [4.69, 9.17) is 10.5 Å². The molecule has 0 rings (SSSR count). The second-order valence-electron chi connectivity index (χ2n) is 3.10. The second kappa shape index (κ2) is 6.06. The molecule has 78 valence electrons. The van der Waals surface area contributed by atoms with E-state index in [-0.39, 0.29) is 5.91 Å². The zero-order chi connectivity index (χ0) is 11.0. The number of hydrogen-bond acceptors (Lipinski definition) is 3. The molecule has 1 amide bonds. The van der Waals surface area contributed by atoms with Crippen LogP contribution in [0.25, 0.3) is 0 Å². The van der Waals surface area contributed by atoms with Crippen LogP contribution in [-0.2, 0) is 9.53 Å². The molecule has 0 fully saturated rings. The molecular weight excluding hydrogens is 180 g/mol. The van der Waals surface area contributed by atoms with Crippen molar-refractivity contribution < 1.29 is 9.53 Å². The van der Waals surface area contributed by atoms with Gasteiger partial charge in [0.25, 0.3) is 5.91 Å². The standard InChI is InChI=1S/C10H16N2O2/c1-10(2,14-3)6-5-9(13)12-8-4-7-11/h4,7H,8,11H2,1-3H3,(H,12,13)/b7-4+. The summed E-state index contributed by atoms with van der Waals surface area (Å²) in [7, 11) is 1.55. The highest BCUT2D eigenvalue weighted by atomic mass is 16.5. The van der Waals surface area contributed by atoms with E-state index in [1.807, 2.05) is 0 Å². The molecule has 0 aromatic heterocycles. The van der Waals surface area contributed by atoms with E-state index in [2.05, 4.69) is 17.2 Å². The van der Waals surface area contributed by atoms with E-state index in [1.165, 1.54) is 6.20 Å². The average Bonchev–Trinajstić information content (AvgIpc) is 2.16. The Morgan fingerprint density at radius 2 is 2.29 bits per heavy atom. The van der Waals surface area contributed by atoms with Crippen molar-refractivity contribution in [2.24, 2.45) is 5.73 Å². The number of amides is 1. The highest BCUT2D eigenvalue weighted by Gasteiger charge is 2.11. The molecule has 3 N–H and O–H groups in total. The predicted molar refractivity (Wildman–Crippen MR) is 55.2 cm³/mol. The molecule has 0 saturated carbocycles. The van der Waals surface area contributed by atoms with Crippen LogP contribution in [0.15, 0.2) is 12.3 Å². The molecule has 0 saturated heterocycles. The Morgan fingerprint density at radius 1 is 1.64 bits per heavy atom. The van der Waals surface area contributed by atoms with Gasteiger partial charge >= 0.3 is 0 Å². The maximum absolute atomic E-state index is 11.1. The third-order valence-electron chi connectivity index (χ3n) is 1.50. The highest BCUT2D eigenvalue weighted by Crippen LogP contribution is 2.03. The average molecular weight is 196 g/mol. The van der Waals surface area contributed by atoms with Crippen LogP contribution in [0.2, 0.25) is 0 Å². The molecule has 0 bridgehead atoms.